The van der Waals surface area contributed by atoms with Crippen molar-refractivity contribution in [1.29, 1.82) is 0 Å². The van der Waals surface area contributed by atoms with Crippen molar-refractivity contribution < 1.29 is 18.3 Å². The van der Waals surface area contributed by atoms with Crippen LogP contribution < -0.4 is 14.5 Å². The molecule has 9 nitrogen and oxygen atoms in total. The number of hydrogen-bond acceptors (Lipinski definition) is 7. The second-order valence-electron chi connectivity index (χ2n) is 8.83. The Morgan fingerprint density at radius 3 is 2.27 bits per heavy atom. The molecule has 190 valence electrons. The van der Waals surface area contributed by atoms with Gasteiger partial charge in [-0.1, -0.05) is 25.1 Å². The Bertz CT molecular complexity index is 1530. The van der Waals surface area contributed by atoms with Crippen LogP contribution in [0, 0.1) is 0 Å². The fraction of sp³-hybridized carbons (Fsp3) is 0.222. The Balaban J connectivity index is 1.40. The Morgan fingerprint density at radius 2 is 1.65 bits per heavy atom. The van der Waals surface area contributed by atoms with Gasteiger partial charge in [0.05, 0.1) is 16.0 Å². The van der Waals surface area contributed by atoms with E-state index in [1.54, 1.807) is 48.7 Å². The summed E-state index contributed by atoms with van der Waals surface area (Å²) in [6, 6.07) is 18.8. The zero-order valence-corrected chi connectivity index (χ0v) is 21.1. The van der Waals surface area contributed by atoms with Crippen LogP contribution in [0.15, 0.2) is 77.8 Å². The fourth-order valence-electron chi connectivity index (χ4n) is 4.44. The molecule has 10 heteroatoms. The van der Waals surface area contributed by atoms with Gasteiger partial charge in [-0.25, -0.2) is 23.2 Å². The molecule has 0 atom stereocenters. The number of aromatic carboxylic acids is 1. The maximum Gasteiger partial charge on any atom is 0.336 e. The van der Waals surface area contributed by atoms with Gasteiger partial charge in [-0.15, -0.1) is 0 Å². The number of sulfonamides is 1. The third kappa shape index (κ3) is 5.19. The Morgan fingerprint density at radius 1 is 0.946 bits per heavy atom. The van der Waals surface area contributed by atoms with Gasteiger partial charge in [0.2, 0.25) is 0 Å². The number of carboxylic acids is 1. The first-order valence-corrected chi connectivity index (χ1v) is 13.5. The summed E-state index contributed by atoms with van der Waals surface area (Å²) in [6.07, 6.45) is 2.58. The molecule has 5 rings (SSSR count). The second-order valence-corrected chi connectivity index (χ2v) is 10.5. The van der Waals surface area contributed by atoms with Crippen molar-refractivity contribution in [3.63, 3.8) is 0 Å². The molecule has 0 amide bonds. The van der Waals surface area contributed by atoms with Crippen LogP contribution >= 0.6 is 0 Å². The number of anilines is 3. The second kappa shape index (κ2) is 10.1. The van der Waals surface area contributed by atoms with Gasteiger partial charge < -0.3 is 14.9 Å². The largest absolute Gasteiger partial charge is 0.478 e. The van der Waals surface area contributed by atoms with E-state index in [2.05, 4.69) is 19.5 Å². The van der Waals surface area contributed by atoms with E-state index in [-0.39, 0.29) is 16.1 Å². The number of nitrogens with zero attached hydrogens (tertiary/aromatic N) is 4. The number of benzene rings is 2. The molecule has 1 aliphatic rings. The number of fused-ring (bicyclic) bond motifs is 1. The van der Waals surface area contributed by atoms with Crippen LogP contribution in [0.2, 0.25) is 0 Å². The molecule has 0 saturated carbocycles. The van der Waals surface area contributed by atoms with Crippen LogP contribution in [0.4, 0.5) is 17.3 Å². The summed E-state index contributed by atoms with van der Waals surface area (Å²) in [7, 11) is -3.83. The molecule has 1 fully saturated rings. The van der Waals surface area contributed by atoms with E-state index in [0.717, 1.165) is 30.9 Å². The molecule has 0 spiro atoms. The first kappa shape index (κ1) is 24.5. The van der Waals surface area contributed by atoms with Crippen molar-refractivity contribution >= 4 is 44.2 Å². The number of rotatable bonds is 7. The van der Waals surface area contributed by atoms with Crippen molar-refractivity contribution in [3.05, 3.63) is 84.1 Å². The molecular formula is C27H27N5O4S. The highest BCUT2D eigenvalue weighted by molar-refractivity contribution is 7.92. The summed E-state index contributed by atoms with van der Waals surface area (Å²) in [5, 5.41) is 10.3. The third-order valence-electron chi connectivity index (χ3n) is 6.50. The molecule has 0 unspecified atom stereocenters. The SMILES string of the molecule is CCc1ccc(S(=O)(=O)Nc2ccc3nc(N4CCN(c5ccccn5)CC4)cc(C(=O)O)c3c2)cc1. The summed E-state index contributed by atoms with van der Waals surface area (Å²) < 4.78 is 28.3. The van der Waals surface area contributed by atoms with Gasteiger partial charge in [0.15, 0.2) is 0 Å². The zero-order chi connectivity index (χ0) is 26.0. The van der Waals surface area contributed by atoms with Crippen LogP contribution in [0.5, 0.6) is 0 Å². The number of nitrogens with one attached hydrogen (secondary N) is 1. The van der Waals surface area contributed by atoms with Crippen LogP contribution in [0.25, 0.3) is 10.9 Å². The third-order valence-corrected chi connectivity index (χ3v) is 7.89. The Hall–Kier alpha value is -4.18. The van der Waals surface area contributed by atoms with E-state index in [1.807, 2.05) is 25.1 Å². The smallest absolute Gasteiger partial charge is 0.336 e. The fourth-order valence-corrected chi connectivity index (χ4v) is 5.49. The normalized spacial score (nSPS) is 14.1. The van der Waals surface area contributed by atoms with E-state index in [4.69, 9.17) is 4.98 Å². The first-order chi connectivity index (χ1) is 17.8. The van der Waals surface area contributed by atoms with Crippen LogP contribution in [0.1, 0.15) is 22.8 Å². The minimum absolute atomic E-state index is 0.0699. The number of aryl methyl sites for hydroxylation is 1. The molecule has 0 aliphatic carbocycles. The highest BCUT2D eigenvalue weighted by Gasteiger charge is 2.22. The molecule has 4 aromatic rings. The van der Waals surface area contributed by atoms with E-state index >= 15 is 0 Å². The van der Waals surface area contributed by atoms with Gasteiger partial charge in [0, 0.05) is 43.4 Å². The molecular weight excluding hydrogens is 490 g/mol. The molecule has 1 saturated heterocycles. The highest BCUT2D eigenvalue weighted by Crippen LogP contribution is 2.28. The highest BCUT2D eigenvalue weighted by atomic mass is 32.2. The van der Waals surface area contributed by atoms with Gasteiger partial charge in [-0.2, -0.15) is 0 Å². The predicted octanol–water partition coefficient (Wildman–Crippen LogP) is 4.02. The van der Waals surface area contributed by atoms with Crippen molar-refractivity contribution in [2.45, 2.75) is 18.2 Å². The van der Waals surface area contributed by atoms with E-state index in [9.17, 15) is 18.3 Å². The Labute approximate surface area is 215 Å². The summed E-state index contributed by atoms with van der Waals surface area (Å²) in [4.78, 5) is 25.7. The first-order valence-electron chi connectivity index (χ1n) is 12.0. The van der Waals surface area contributed by atoms with Crippen LogP contribution in [0.3, 0.4) is 0 Å². The molecule has 0 radical (unpaired) electrons. The van der Waals surface area contributed by atoms with Crippen LogP contribution in [-0.4, -0.2) is 55.6 Å². The molecule has 0 bridgehead atoms. The molecule has 2 aromatic carbocycles. The van der Waals surface area contributed by atoms with E-state index < -0.39 is 16.0 Å². The lowest BCUT2D eigenvalue weighted by atomic mass is 10.1. The van der Waals surface area contributed by atoms with Crippen LogP contribution in [-0.2, 0) is 16.4 Å². The summed E-state index contributed by atoms with van der Waals surface area (Å²) >= 11 is 0. The number of piperazine rings is 1. The van der Waals surface area contributed by atoms with E-state index in [1.165, 1.54) is 6.07 Å². The van der Waals surface area contributed by atoms with Gasteiger partial charge >= 0.3 is 5.97 Å². The quantitative estimate of drug-likeness (QED) is 0.378. The van der Waals surface area contributed by atoms with Gasteiger partial charge in [-0.05, 0) is 60.5 Å². The number of carbonyl (C=O) groups is 1. The maximum atomic E-state index is 12.9. The number of hydrogen-bond donors (Lipinski definition) is 2. The van der Waals surface area contributed by atoms with Gasteiger partial charge in [-0.3, -0.25) is 4.72 Å². The number of aromatic nitrogens is 2. The predicted molar refractivity (Wildman–Crippen MR) is 144 cm³/mol. The summed E-state index contributed by atoms with van der Waals surface area (Å²) in [5.41, 5.74) is 1.86. The van der Waals surface area contributed by atoms with Crippen molar-refractivity contribution in [2.24, 2.45) is 0 Å². The van der Waals surface area contributed by atoms with Crippen molar-refractivity contribution in [2.75, 3.05) is 40.7 Å². The minimum atomic E-state index is -3.83. The standard InChI is InChI=1S/C27H27N5O4S/c1-2-19-6-9-21(10-7-19)37(35,36)30-20-8-11-24-22(17-20)23(27(33)34)18-26(29-24)32-15-13-31(14-16-32)25-5-3-4-12-28-25/h3-12,17-18,30H,2,13-16H2,1H3,(H,33,34). The number of pyridine rings is 2. The molecule has 2 aromatic heterocycles. The molecule has 2 N–H and O–H groups in total. The molecule has 1 aliphatic heterocycles. The topological polar surface area (TPSA) is 116 Å². The average molecular weight is 518 g/mol. The van der Waals surface area contributed by atoms with Crippen molar-refractivity contribution in [3.8, 4) is 0 Å². The monoisotopic (exact) mass is 517 g/mol. The summed E-state index contributed by atoms with van der Waals surface area (Å²) in [6.45, 7) is 4.81. The summed E-state index contributed by atoms with van der Waals surface area (Å²) in [5.74, 6) is 0.391. The molecule has 37 heavy (non-hydrogen) atoms. The molecule has 3 heterocycles. The lowest BCUT2D eigenvalue weighted by Crippen LogP contribution is -2.47. The lowest BCUT2D eigenvalue weighted by Gasteiger charge is -2.36. The average Bonchev–Trinajstić information content (AvgIpc) is 2.93. The zero-order valence-electron chi connectivity index (χ0n) is 20.3. The Kier molecular flexibility index (Phi) is 6.66. The van der Waals surface area contributed by atoms with Gasteiger partial charge in [0.25, 0.3) is 10.0 Å². The van der Waals surface area contributed by atoms with Crippen molar-refractivity contribution in [1.82, 2.24) is 9.97 Å². The minimum Gasteiger partial charge on any atom is -0.478 e. The van der Waals surface area contributed by atoms with E-state index in [0.29, 0.717) is 29.8 Å². The van der Waals surface area contributed by atoms with Gasteiger partial charge in [0.1, 0.15) is 11.6 Å². The lowest BCUT2D eigenvalue weighted by molar-refractivity contribution is 0.0699. The number of carboxylic acid groups (broad SMARTS) is 1. The maximum absolute atomic E-state index is 12.9.